The van der Waals surface area contributed by atoms with Gasteiger partial charge in [0.1, 0.15) is 5.76 Å². The van der Waals surface area contributed by atoms with E-state index in [9.17, 15) is 4.79 Å². The van der Waals surface area contributed by atoms with Gasteiger partial charge in [0.15, 0.2) is 0 Å². The van der Waals surface area contributed by atoms with Crippen LogP contribution in [0.5, 0.6) is 0 Å². The van der Waals surface area contributed by atoms with Crippen molar-refractivity contribution in [1.29, 1.82) is 0 Å². The summed E-state index contributed by atoms with van der Waals surface area (Å²) in [5.41, 5.74) is 2.85. The molecule has 0 fully saturated rings. The molecule has 0 aliphatic carbocycles. The summed E-state index contributed by atoms with van der Waals surface area (Å²) >= 11 is 0. The van der Waals surface area contributed by atoms with Crippen molar-refractivity contribution in [2.75, 3.05) is 0 Å². The Morgan fingerprint density at radius 2 is 2.33 bits per heavy atom. The number of nitrogens with zero attached hydrogens (tertiary/aromatic N) is 2. The Morgan fingerprint density at radius 1 is 1.39 bits per heavy atom. The summed E-state index contributed by atoms with van der Waals surface area (Å²) in [6, 6.07) is 6.96. The maximum atomic E-state index is 11.5. The van der Waals surface area contributed by atoms with Crippen LogP contribution in [0.2, 0.25) is 0 Å². The first-order valence-electron chi connectivity index (χ1n) is 5.30. The monoisotopic (exact) mass is 241 g/mol. The van der Waals surface area contributed by atoms with Crippen LogP contribution >= 0.6 is 0 Å². The van der Waals surface area contributed by atoms with Gasteiger partial charge in [-0.3, -0.25) is 9.78 Å². The first kappa shape index (κ1) is 11.8. The molecule has 0 atom stereocenters. The van der Waals surface area contributed by atoms with Crippen molar-refractivity contribution in [3.05, 3.63) is 60.3 Å². The van der Waals surface area contributed by atoms with Gasteiger partial charge in [-0.1, -0.05) is 0 Å². The second-order valence-corrected chi connectivity index (χ2v) is 3.34. The Kier molecular flexibility index (Phi) is 4.02. The predicted molar refractivity (Wildman–Crippen MR) is 67.9 cm³/mol. The Morgan fingerprint density at radius 3 is 3.06 bits per heavy atom. The molecule has 0 saturated heterocycles. The van der Waals surface area contributed by atoms with Crippen LogP contribution in [0.15, 0.2) is 58.5 Å². The van der Waals surface area contributed by atoms with E-state index < -0.39 is 0 Å². The molecule has 2 aromatic rings. The molecule has 18 heavy (non-hydrogen) atoms. The highest BCUT2D eigenvalue weighted by atomic mass is 16.3. The third kappa shape index (κ3) is 3.41. The number of furan rings is 1. The lowest BCUT2D eigenvalue weighted by Gasteiger charge is -1.96. The minimum atomic E-state index is -0.300. The first-order valence-corrected chi connectivity index (χ1v) is 5.30. The van der Waals surface area contributed by atoms with E-state index in [2.05, 4.69) is 15.5 Å². The van der Waals surface area contributed by atoms with Gasteiger partial charge in [-0.2, -0.15) is 5.10 Å². The molecule has 2 heterocycles. The van der Waals surface area contributed by atoms with Crippen molar-refractivity contribution in [1.82, 2.24) is 10.4 Å². The molecule has 0 saturated carbocycles. The number of amides is 1. The van der Waals surface area contributed by atoms with Gasteiger partial charge in [0.2, 0.25) is 0 Å². The molecule has 0 spiro atoms. The highest BCUT2D eigenvalue weighted by molar-refractivity contribution is 5.94. The maximum Gasteiger partial charge on any atom is 0.272 e. The third-order valence-electron chi connectivity index (χ3n) is 2.05. The van der Waals surface area contributed by atoms with Gasteiger partial charge in [0.25, 0.3) is 5.91 Å². The van der Waals surface area contributed by atoms with E-state index in [0.29, 0.717) is 5.56 Å². The number of carbonyl (C=O) groups is 1. The standard InChI is InChI=1S/C13H11N3O2/c17-13(11-4-1-7-14-10-11)16-15-8-2-5-12-6-3-9-18-12/h1-10H,(H,16,17)/b5-2+,15-8+. The Balaban J connectivity index is 1.83. The summed E-state index contributed by atoms with van der Waals surface area (Å²) in [5, 5.41) is 3.77. The van der Waals surface area contributed by atoms with E-state index in [1.165, 1.54) is 12.4 Å². The topological polar surface area (TPSA) is 67.5 Å². The molecular weight excluding hydrogens is 230 g/mol. The normalized spacial score (nSPS) is 11.1. The molecule has 0 radical (unpaired) electrons. The van der Waals surface area contributed by atoms with E-state index in [0.717, 1.165) is 5.76 Å². The molecule has 5 heteroatoms. The fourth-order valence-electron chi connectivity index (χ4n) is 1.22. The fraction of sp³-hybridized carbons (Fsp3) is 0. The molecule has 0 unspecified atom stereocenters. The summed E-state index contributed by atoms with van der Waals surface area (Å²) < 4.78 is 5.09. The number of pyridine rings is 1. The zero-order valence-corrected chi connectivity index (χ0v) is 9.48. The van der Waals surface area contributed by atoms with Crippen LogP contribution in [-0.4, -0.2) is 17.1 Å². The Bertz CT molecular complexity index is 545. The third-order valence-corrected chi connectivity index (χ3v) is 2.05. The van der Waals surface area contributed by atoms with Crippen LogP contribution < -0.4 is 5.43 Å². The zero-order valence-electron chi connectivity index (χ0n) is 9.48. The molecule has 0 aliphatic heterocycles. The summed E-state index contributed by atoms with van der Waals surface area (Å²) in [6.07, 6.45) is 9.54. The molecule has 90 valence electrons. The molecule has 0 bridgehead atoms. The number of hydrogen-bond acceptors (Lipinski definition) is 4. The lowest BCUT2D eigenvalue weighted by atomic mass is 10.3. The number of aromatic nitrogens is 1. The number of rotatable bonds is 4. The summed E-state index contributed by atoms with van der Waals surface area (Å²) in [7, 11) is 0. The van der Waals surface area contributed by atoms with Gasteiger partial charge in [-0.15, -0.1) is 0 Å². The Hall–Kier alpha value is -2.69. The second kappa shape index (κ2) is 6.15. The van der Waals surface area contributed by atoms with E-state index >= 15 is 0 Å². The van der Waals surface area contributed by atoms with Crippen molar-refractivity contribution >= 4 is 18.2 Å². The summed E-state index contributed by atoms with van der Waals surface area (Å²) in [4.78, 5) is 15.4. The highest BCUT2D eigenvalue weighted by Crippen LogP contribution is 2.00. The SMILES string of the molecule is O=C(N/N=C/C=C/c1ccco1)c1cccnc1. The number of allylic oxidation sites excluding steroid dienone is 1. The van der Waals surface area contributed by atoms with Crippen LogP contribution in [0.1, 0.15) is 16.1 Å². The van der Waals surface area contributed by atoms with E-state index in [4.69, 9.17) is 4.42 Å². The van der Waals surface area contributed by atoms with Crippen molar-refractivity contribution in [3.63, 3.8) is 0 Å². The van der Waals surface area contributed by atoms with E-state index in [1.807, 2.05) is 6.07 Å². The number of hydrogen-bond donors (Lipinski definition) is 1. The average Bonchev–Trinajstić information content (AvgIpc) is 2.92. The largest absolute Gasteiger partial charge is 0.465 e. The average molecular weight is 241 g/mol. The minimum absolute atomic E-state index is 0.300. The second-order valence-electron chi connectivity index (χ2n) is 3.34. The van der Waals surface area contributed by atoms with Crippen molar-refractivity contribution in [2.24, 2.45) is 5.10 Å². The smallest absolute Gasteiger partial charge is 0.272 e. The van der Waals surface area contributed by atoms with Crippen molar-refractivity contribution < 1.29 is 9.21 Å². The first-order chi connectivity index (χ1) is 8.86. The molecular formula is C13H11N3O2. The summed E-state index contributed by atoms with van der Waals surface area (Å²) in [5.74, 6) is 0.422. The highest BCUT2D eigenvalue weighted by Gasteiger charge is 2.01. The van der Waals surface area contributed by atoms with E-state index in [1.54, 1.807) is 42.8 Å². The maximum absolute atomic E-state index is 11.5. The molecule has 1 N–H and O–H groups in total. The zero-order chi connectivity index (χ0) is 12.6. The van der Waals surface area contributed by atoms with E-state index in [-0.39, 0.29) is 5.91 Å². The Labute approximate surface area is 104 Å². The molecule has 1 amide bonds. The summed E-state index contributed by atoms with van der Waals surface area (Å²) in [6.45, 7) is 0. The van der Waals surface area contributed by atoms with Gasteiger partial charge < -0.3 is 4.42 Å². The van der Waals surface area contributed by atoms with Crippen LogP contribution in [0, 0.1) is 0 Å². The molecule has 2 rings (SSSR count). The van der Waals surface area contributed by atoms with Gasteiger partial charge in [-0.25, -0.2) is 5.43 Å². The molecule has 0 aliphatic rings. The number of hydrazone groups is 1. The van der Waals surface area contributed by atoms with Crippen molar-refractivity contribution in [2.45, 2.75) is 0 Å². The van der Waals surface area contributed by atoms with Crippen LogP contribution in [-0.2, 0) is 0 Å². The van der Waals surface area contributed by atoms with Crippen LogP contribution in [0.25, 0.3) is 6.08 Å². The molecule has 5 nitrogen and oxygen atoms in total. The van der Waals surface area contributed by atoms with Crippen LogP contribution in [0.4, 0.5) is 0 Å². The minimum Gasteiger partial charge on any atom is -0.465 e. The van der Waals surface area contributed by atoms with Gasteiger partial charge in [-0.05, 0) is 36.4 Å². The molecule has 0 aromatic carbocycles. The fourth-order valence-corrected chi connectivity index (χ4v) is 1.22. The van der Waals surface area contributed by atoms with Gasteiger partial charge >= 0.3 is 0 Å². The van der Waals surface area contributed by atoms with Crippen LogP contribution in [0.3, 0.4) is 0 Å². The quantitative estimate of drug-likeness (QED) is 0.658. The van der Waals surface area contributed by atoms with Crippen molar-refractivity contribution in [3.8, 4) is 0 Å². The van der Waals surface area contributed by atoms with Gasteiger partial charge in [0, 0.05) is 18.6 Å². The predicted octanol–water partition coefficient (Wildman–Crippen LogP) is 2.10. The van der Waals surface area contributed by atoms with Gasteiger partial charge in [0.05, 0.1) is 11.8 Å². The molecule has 2 aromatic heterocycles. The number of nitrogens with one attached hydrogen (secondary N) is 1. The number of carbonyl (C=O) groups excluding carboxylic acids is 1. The lowest BCUT2D eigenvalue weighted by Crippen LogP contribution is -2.17. The lowest BCUT2D eigenvalue weighted by molar-refractivity contribution is 0.0955.